The van der Waals surface area contributed by atoms with Gasteiger partial charge in [0.15, 0.2) is 11.4 Å². The van der Waals surface area contributed by atoms with Crippen molar-refractivity contribution in [3.63, 3.8) is 0 Å². The number of hydrogen-bond acceptors (Lipinski definition) is 9. The molecular formula is C43H38BCl2F5N12O4. The van der Waals surface area contributed by atoms with Crippen molar-refractivity contribution in [2.75, 3.05) is 24.3 Å². The minimum absolute atomic E-state index is 0.000993. The van der Waals surface area contributed by atoms with Crippen LogP contribution in [-0.2, 0) is 34.8 Å². The summed E-state index contributed by atoms with van der Waals surface area (Å²) < 4.78 is 87.1. The molecule has 6 aromatic rings. The molecule has 67 heavy (non-hydrogen) atoms. The van der Waals surface area contributed by atoms with E-state index in [1.807, 2.05) is 5.32 Å². The number of aromatic nitrogens is 7. The third kappa shape index (κ3) is 7.86. The zero-order chi connectivity index (χ0) is 47.6. The second-order valence-corrected chi connectivity index (χ2v) is 16.8. The molecule has 346 valence electrons. The van der Waals surface area contributed by atoms with Crippen molar-refractivity contribution >= 4 is 82.5 Å². The lowest BCUT2D eigenvalue weighted by atomic mass is 9.90. The van der Waals surface area contributed by atoms with Crippen molar-refractivity contribution in [1.29, 1.82) is 0 Å². The Labute approximate surface area is 387 Å². The predicted molar refractivity (Wildman–Crippen MR) is 239 cm³/mol. The number of amides is 3. The van der Waals surface area contributed by atoms with Gasteiger partial charge in [-0.05, 0) is 92.0 Å². The smallest absolute Gasteiger partial charge is 0.497 e. The number of benzene rings is 2. The van der Waals surface area contributed by atoms with Gasteiger partial charge in [-0.2, -0.15) is 13.2 Å². The largest absolute Gasteiger partial charge is 0.737 e. The molecule has 16 nitrogen and oxygen atoms in total. The van der Waals surface area contributed by atoms with E-state index in [9.17, 15) is 27.6 Å². The van der Waals surface area contributed by atoms with Crippen molar-refractivity contribution in [3.8, 4) is 5.75 Å². The number of methoxy groups -OCH3 is 1. The number of carbonyl (C=O) groups excluding carboxylic acids is 3. The summed E-state index contributed by atoms with van der Waals surface area (Å²) in [6.07, 6.45) is 2.28. The molecule has 0 radical (unpaired) electrons. The number of nitrogens with zero attached hydrogens (tertiary/aromatic N) is 8. The van der Waals surface area contributed by atoms with E-state index in [1.54, 1.807) is 74.3 Å². The molecule has 0 fully saturated rings. The minimum atomic E-state index is -5.35. The van der Waals surface area contributed by atoms with Gasteiger partial charge in [-0.15, -0.1) is 5.10 Å². The number of alkyl halides is 3. The molecule has 7 heterocycles. The van der Waals surface area contributed by atoms with Crippen LogP contribution in [0.15, 0.2) is 78.6 Å². The number of imidazole rings is 1. The molecule has 4 N–H and O–H groups in total. The number of allylic oxidation sites excluding steroid dienone is 2. The topological polar surface area (TPSA) is 178 Å². The molecule has 9 rings (SSSR count). The summed E-state index contributed by atoms with van der Waals surface area (Å²) >= 11 is 12.1. The molecule has 3 aliphatic heterocycles. The molecule has 1 atom stereocenters. The molecule has 0 saturated carbocycles. The van der Waals surface area contributed by atoms with E-state index in [-0.39, 0.29) is 52.2 Å². The van der Waals surface area contributed by atoms with Crippen molar-refractivity contribution in [1.82, 2.24) is 44.6 Å². The lowest BCUT2D eigenvalue weighted by Crippen LogP contribution is -2.63. The molecule has 0 spiro atoms. The maximum absolute atomic E-state index is 16.4. The molecular weight excluding hydrogens is 925 g/mol. The summed E-state index contributed by atoms with van der Waals surface area (Å²) in [7, 11) is 1.54. The Hall–Kier alpha value is -7.07. The second kappa shape index (κ2) is 17.0. The summed E-state index contributed by atoms with van der Waals surface area (Å²) in [5, 5.41) is 17.9. The highest BCUT2D eigenvalue weighted by molar-refractivity contribution is 6.58. The van der Waals surface area contributed by atoms with Crippen LogP contribution in [0.1, 0.15) is 57.1 Å². The van der Waals surface area contributed by atoms with Crippen LogP contribution in [0, 0.1) is 13.8 Å². The van der Waals surface area contributed by atoms with Crippen molar-refractivity contribution < 1.29 is 45.4 Å². The first-order chi connectivity index (χ1) is 31.9. The van der Waals surface area contributed by atoms with E-state index in [1.165, 1.54) is 24.3 Å². The number of hydrogen-bond donors (Lipinski definition) is 4. The van der Waals surface area contributed by atoms with Gasteiger partial charge in [-0.25, -0.2) is 9.97 Å². The maximum atomic E-state index is 16.4. The number of fused-ring (bicyclic) bond motifs is 5. The summed E-state index contributed by atoms with van der Waals surface area (Å²) in [5.41, 5.74) is -0.142. The van der Waals surface area contributed by atoms with Crippen LogP contribution in [0.3, 0.4) is 0 Å². The van der Waals surface area contributed by atoms with Crippen LogP contribution >= 0.6 is 23.2 Å². The van der Waals surface area contributed by atoms with Gasteiger partial charge in [0.1, 0.15) is 23.0 Å². The molecule has 24 heteroatoms. The minimum Gasteiger partial charge on any atom is -0.497 e. The summed E-state index contributed by atoms with van der Waals surface area (Å²) in [4.78, 5) is 47.6. The lowest BCUT2D eigenvalue weighted by Gasteiger charge is -2.31. The summed E-state index contributed by atoms with van der Waals surface area (Å²) in [6.45, 7) is -0.0212. The summed E-state index contributed by atoms with van der Waals surface area (Å²) in [6, 6.07) is 13.4. The van der Waals surface area contributed by atoms with Gasteiger partial charge in [0.25, 0.3) is 17.5 Å². The molecule has 0 bridgehead atoms. The van der Waals surface area contributed by atoms with Crippen LogP contribution < -0.4 is 26.0 Å². The molecule has 2 aromatic carbocycles. The first-order valence-corrected chi connectivity index (χ1v) is 21.6. The molecule has 0 saturated heterocycles. The van der Waals surface area contributed by atoms with E-state index in [4.69, 9.17) is 27.9 Å². The number of ether oxygens (including phenoxy) is 1. The fraction of sp³-hybridized carbons (Fsp3) is 0.256. The third-order valence-electron chi connectivity index (χ3n) is 11.9. The van der Waals surface area contributed by atoms with Crippen LogP contribution in [0.4, 0.5) is 33.6 Å². The average molecular weight is 964 g/mol. The van der Waals surface area contributed by atoms with E-state index in [2.05, 4.69) is 36.2 Å². The van der Waals surface area contributed by atoms with E-state index in [0.717, 1.165) is 15.0 Å². The zero-order valence-corrected chi connectivity index (χ0v) is 37.2. The van der Waals surface area contributed by atoms with E-state index >= 15 is 8.63 Å². The Morgan fingerprint density at radius 3 is 2.54 bits per heavy atom. The van der Waals surface area contributed by atoms with Gasteiger partial charge in [-0.3, -0.25) is 28.9 Å². The normalized spacial score (nSPS) is 17.0. The molecule has 3 aliphatic rings. The van der Waals surface area contributed by atoms with E-state index < -0.39 is 42.3 Å². The first-order valence-electron chi connectivity index (χ1n) is 20.8. The standard InChI is InChI=1S/C43H38BCl2F5N12O4/c1-23-29(24(2)62-35(23)18-27-10-14-34(63(27)44(62,50)51)25-8-11-28(67-3)12-9-25)13-15-38(64)52-16-5-17-60-22-26(58-59-60)21-53-37-7-4-6-32(54-37)39(65)57-42(43(47,48)49)40(66)56-41-55-33-19-30(45)31(46)20-36(33)61(41)42/h4,6-12,14,18-20,22H,5,13,15-17,21H2,1-3H3,(H,52,64)(H,53,54)(H,57,65)(H,55,56,66). The lowest BCUT2D eigenvalue weighted by molar-refractivity contribution is -0.360. The predicted octanol–water partition coefficient (Wildman–Crippen LogP) is 6.75. The van der Waals surface area contributed by atoms with Crippen molar-refractivity contribution in [3.05, 3.63) is 128 Å². The maximum Gasteiger partial charge on any atom is 0.737 e. The quantitative estimate of drug-likeness (QED) is 0.0522. The van der Waals surface area contributed by atoms with Gasteiger partial charge in [0.2, 0.25) is 11.9 Å². The SMILES string of the molecule is COc1ccc(C2=[N+]3C(=Cc4c(C)c(CCC(=O)NCCCn5cc(CNc6cccc(C(=O)NC7(C(F)(F)F)C(=O)Nc8nc9cc(Cl)c(Cl)cc9n87)n6)nn5)c(C)n4[B-]3(F)F)C=C2)cc1. The van der Waals surface area contributed by atoms with Gasteiger partial charge in [0.05, 0.1) is 40.9 Å². The van der Waals surface area contributed by atoms with Gasteiger partial charge < -0.3 is 38.3 Å². The van der Waals surface area contributed by atoms with Crippen molar-refractivity contribution in [2.45, 2.75) is 58.0 Å². The second-order valence-electron chi connectivity index (χ2n) is 16.0. The fourth-order valence-electron chi connectivity index (χ4n) is 8.68. The highest BCUT2D eigenvalue weighted by Crippen LogP contribution is 2.45. The Morgan fingerprint density at radius 1 is 1.03 bits per heavy atom. The third-order valence-corrected chi connectivity index (χ3v) is 12.7. The number of carbonyl (C=O) groups is 3. The van der Waals surface area contributed by atoms with E-state index in [0.29, 0.717) is 75.0 Å². The van der Waals surface area contributed by atoms with Gasteiger partial charge in [0, 0.05) is 49.0 Å². The van der Waals surface area contributed by atoms with Crippen LogP contribution in [0.5, 0.6) is 5.75 Å². The highest BCUT2D eigenvalue weighted by atomic mass is 35.5. The Morgan fingerprint density at radius 2 is 1.79 bits per heavy atom. The number of halogens is 7. The Balaban J connectivity index is 0.773. The number of pyridine rings is 1. The highest BCUT2D eigenvalue weighted by Gasteiger charge is 2.68. The molecule has 3 amide bonds. The monoisotopic (exact) mass is 962 g/mol. The van der Waals surface area contributed by atoms with Crippen LogP contribution in [0.25, 0.3) is 17.1 Å². The van der Waals surface area contributed by atoms with Crippen molar-refractivity contribution in [2.24, 2.45) is 0 Å². The molecule has 4 aromatic heterocycles. The Kier molecular flexibility index (Phi) is 11.4. The summed E-state index contributed by atoms with van der Waals surface area (Å²) in [5.74, 6) is -2.87. The van der Waals surface area contributed by atoms with Gasteiger partial charge >= 0.3 is 13.1 Å². The number of nitrogens with one attached hydrogen (secondary N) is 4. The van der Waals surface area contributed by atoms with Crippen LogP contribution in [0.2, 0.25) is 10.0 Å². The van der Waals surface area contributed by atoms with Gasteiger partial charge in [-0.1, -0.05) is 34.5 Å². The average Bonchev–Trinajstić information content (AvgIpc) is 4.11. The fourth-order valence-corrected chi connectivity index (χ4v) is 9.00. The molecule has 1 unspecified atom stereocenters. The Bertz CT molecular complexity index is 3130. The molecule has 0 aliphatic carbocycles. The number of aryl methyl sites for hydroxylation is 1. The first kappa shape index (κ1) is 45.1. The van der Waals surface area contributed by atoms with Crippen LogP contribution in [-0.4, -0.2) is 88.7 Å². The number of anilines is 2. The number of rotatable bonds is 14. The zero-order valence-electron chi connectivity index (χ0n) is 35.7.